The molecule has 2 aliphatic heterocycles. The molecule has 4 heterocycles. The molecule has 0 bridgehead atoms. The van der Waals surface area contributed by atoms with Gasteiger partial charge < -0.3 is 15.1 Å². The van der Waals surface area contributed by atoms with Gasteiger partial charge in [-0.2, -0.15) is 0 Å². The van der Waals surface area contributed by atoms with Crippen molar-refractivity contribution in [2.24, 2.45) is 0 Å². The van der Waals surface area contributed by atoms with Gasteiger partial charge in [-0.15, -0.1) is 0 Å². The number of carbonyl (C=O) groups excluding carboxylic acids is 1. The van der Waals surface area contributed by atoms with E-state index in [2.05, 4.69) is 15.3 Å². The number of pyridine rings is 1. The molecule has 2 amide bonds. The van der Waals surface area contributed by atoms with E-state index in [-0.39, 0.29) is 29.5 Å². The highest BCUT2D eigenvalue weighted by atomic mass is 19.2. The van der Waals surface area contributed by atoms with Crippen molar-refractivity contribution in [3.8, 4) is 0 Å². The van der Waals surface area contributed by atoms with Gasteiger partial charge in [0.15, 0.2) is 17.3 Å². The van der Waals surface area contributed by atoms with Crippen LogP contribution in [0.2, 0.25) is 0 Å². The number of piperidine rings is 1. The Hall–Kier alpha value is -3.76. The summed E-state index contributed by atoms with van der Waals surface area (Å²) in [6.07, 6.45) is 3.86. The second-order valence-electron chi connectivity index (χ2n) is 9.73. The Morgan fingerprint density at radius 1 is 1.16 bits per heavy atom. The number of halogens is 2. The third-order valence-electron chi connectivity index (χ3n) is 7.62. The van der Waals surface area contributed by atoms with Gasteiger partial charge in [-0.25, -0.2) is 23.4 Å². The number of aromatic nitrogens is 3. The summed E-state index contributed by atoms with van der Waals surface area (Å²) < 4.78 is 30.1. The molecular formula is C26H31F2N7O2. The Morgan fingerprint density at radius 3 is 2.70 bits per heavy atom. The third kappa shape index (κ3) is 4.82. The van der Waals surface area contributed by atoms with Crippen LogP contribution in [0.5, 0.6) is 0 Å². The Morgan fingerprint density at radius 2 is 1.95 bits per heavy atom. The number of nitrogens with one attached hydrogen (secondary N) is 3. The van der Waals surface area contributed by atoms with Gasteiger partial charge in [0.1, 0.15) is 5.84 Å². The number of carbonyl (C=O) groups is 1. The second kappa shape index (κ2) is 10.3. The molecule has 37 heavy (non-hydrogen) atoms. The van der Waals surface area contributed by atoms with Gasteiger partial charge in [-0.05, 0) is 56.4 Å². The highest BCUT2D eigenvalue weighted by Gasteiger charge is 2.33. The van der Waals surface area contributed by atoms with Crippen molar-refractivity contribution < 1.29 is 13.6 Å². The van der Waals surface area contributed by atoms with Crippen LogP contribution in [0.25, 0.3) is 11.2 Å². The number of H-pyrrole nitrogens is 1. The van der Waals surface area contributed by atoms with Crippen LogP contribution in [-0.2, 0) is 0 Å². The number of nitrogens with zero attached hydrogens (tertiary/aromatic N) is 4. The van der Waals surface area contributed by atoms with E-state index in [1.807, 2.05) is 17.9 Å². The van der Waals surface area contributed by atoms with Crippen LogP contribution in [0.4, 0.5) is 13.6 Å². The summed E-state index contributed by atoms with van der Waals surface area (Å²) in [7, 11) is 0. The Bertz CT molecular complexity index is 1360. The first-order valence-electron chi connectivity index (χ1n) is 12.7. The maximum atomic E-state index is 14.5. The molecular weight excluding hydrogens is 480 g/mol. The van der Waals surface area contributed by atoms with Gasteiger partial charge in [0.25, 0.3) is 0 Å². The van der Waals surface area contributed by atoms with Crippen LogP contribution in [-0.4, -0.2) is 68.4 Å². The first-order valence-corrected chi connectivity index (χ1v) is 12.7. The minimum Gasteiger partial charge on any atom is -0.358 e. The predicted octanol–water partition coefficient (Wildman–Crippen LogP) is 3.59. The van der Waals surface area contributed by atoms with Crippen molar-refractivity contribution in [2.45, 2.75) is 50.6 Å². The van der Waals surface area contributed by atoms with Crippen molar-refractivity contribution in [1.82, 2.24) is 29.7 Å². The fraction of sp³-hybridized carbons (Fsp3) is 0.462. The first-order chi connectivity index (χ1) is 17.9. The molecule has 0 saturated carbocycles. The molecule has 2 atom stereocenters. The van der Waals surface area contributed by atoms with E-state index in [9.17, 15) is 18.4 Å². The average Bonchev–Trinajstić information content (AvgIpc) is 3.16. The van der Waals surface area contributed by atoms with Gasteiger partial charge in [-0.3, -0.25) is 15.0 Å². The van der Waals surface area contributed by atoms with Gasteiger partial charge in [0, 0.05) is 44.3 Å². The number of aromatic amines is 1. The smallest absolute Gasteiger partial charge is 0.327 e. The summed E-state index contributed by atoms with van der Waals surface area (Å²) in [6.45, 7) is 3.78. The van der Waals surface area contributed by atoms with E-state index in [0.29, 0.717) is 63.1 Å². The van der Waals surface area contributed by atoms with E-state index in [0.717, 1.165) is 11.6 Å². The van der Waals surface area contributed by atoms with E-state index in [1.165, 1.54) is 6.07 Å². The maximum Gasteiger partial charge on any atom is 0.327 e. The number of likely N-dealkylation sites (tertiary alicyclic amines) is 2. The number of imidazole rings is 1. The minimum atomic E-state index is -0.876. The summed E-state index contributed by atoms with van der Waals surface area (Å²) in [5, 5.41) is 11.7. The summed E-state index contributed by atoms with van der Waals surface area (Å²) in [5.74, 6) is -1.72. The number of hydrogen-bond donors (Lipinski definition) is 3. The van der Waals surface area contributed by atoms with E-state index < -0.39 is 17.7 Å². The van der Waals surface area contributed by atoms with E-state index >= 15 is 0 Å². The number of urea groups is 1. The molecule has 0 spiro atoms. The standard InChI is InChI=1S/C26H31F2N7O2/c1-2-33-15-16(18-5-3-6-19(27)22(18)28)8-9-20(23(33)29)31-25(36)34-13-10-17(11-14-34)35-21-7-4-12-30-24(21)32-26(35)37/h3-7,12,16-17,20,29H,2,8-11,13-15H2,1H3,(H,31,36)(H,30,32,37)/t16-,20-/m1/s1. The highest BCUT2D eigenvalue weighted by Crippen LogP contribution is 2.30. The van der Waals surface area contributed by atoms with Crippen molar-refractivity contribution in [2.75, 3.05) is 26.2 Å². The molecule has 2 fully saturated rings. The van der Waals surface area contributed by atoms with Crippen molar-refractivity contribution in [3.05, 3.63) is 64.2 Å². The number of rotatable bonds is 4. The topological polar surface area (TPSA) is 110 Å². The molecule has 3 aromatic rings. The fourth-order valence-corrected chi connectivity index (χ4v) is 5.60. The predicted molar refractivity (Wildman–Crippen MR) is 136 cm³/mol. The van der Waals surface area contributed by atoms with E-state index in [4.69, 9.17) is 5.41 Å². The van der Waals surface area contributed by atoms with Gasteiger partial charge in [-0.1, -0.05) is 12.1 Å². The average molecular weight is 512 g/mol. The molecule has 196 valence electrons. The second-order valence-corrected chi connectivity index (χ2v) is 9.73. The zero-order valence-electron chi connectivity index (χ0n) is 20.7. The van der Waals surface area contributed by atoms with Crippen LogP contribution in [0.3, 0.4) is 0 Å². The molecule has 2 saturated heterocycles. The van der Waals surface area contributed by atoms with Gasteiger partial charge in [0.2, 0.25) is 0 Å². The van der Waals surface area contributed by atoms with Gasteiger partial charge >= 0.3 is 11.7 Å². The third-order valence-corrected chi connectivity index (χ3v) is 7.62. The van der Waals surface area contributed by atoms with Crippen molar-refractivity contribution in [3.63, 3.8) is 0 Å². The van der Waals surface area contributed by atoms with Gasteiger partial charge in [0.05, 0.1) is 11.6 Å². The quantitative estimate of drug-likeness (QED) is 0.497. The number of hydrogen-bond acceptors (Lipinski definition) is 4. The van der Waals surface area contributed by atoms with Crippen LogP contribution < -0.4 is 11.0 Å². The fourth-order valence-electron chi connectivity index (χ4n) is 5.60. The largest absolute Gasteiger partial charge is 0.358 e. The van der Waals surface area contributed by atoms with Crippen LogP contribution in [0.1, 0.15) is 50.1 Å². The molecule has 11 heteroatoms. The van der Waals surface area contributed by atoms with Crippen LogP contribution in [0.15, 0.2) is 41.3 Å². The zero-order valence-corrected chi connectivity index (χ0v) is 20.7. The number of amides is 2. The number of fused-ring (bicyclic) bond motifs is 1. The Kier molecular flexibility index (Phi) is 6.94. The summed E-state index contributed by atoms with van der Waals surface area (Å²) in [6, 6.07) is 7.04. The molecule has 0 aliphatic carbocycles. The number of amidine groups is 1. The lowest BCUT2D eigenvalue weighted by Crippen LogP contribution is -2.52. The molecule has 0 unspecified atom stereocenters. The zero-order chi connectivity index (χ0) is 26.1. The lowest BCUT2D eigenvalue weighted by Gasteiger charge is -2.34. The lowest BCUT2D eigenvalue weighted by atomic mass is 9.93. The Balaban J connectivity index is 1.24. The highest BCUT2D eigenvalue weighted by molar-refractivity contribution is 5.89. The number of benzene rings is 1. The van der Waals surface area contributed by atoms with Crippen LogP contribution >= 0.6 is 0 Å². The molecule has 1 aromatic carbocycles. The number of likely N-dealkylation sites (N-methyl/N-ethyl adjacent to an activating group) is 1. The SMILES string of the molecule is CCN1C[C@H](c2cccc(F)c2F)CC[C@@H](NC(=O)N2CCC(n3c(=O)[nH]c4ncccc43)CC2)C1=N. The maximum absolute atomic E-state index is 14.5. The van der Waals surface area contributed by atoms with Crippen molar-refractivity contribution in [1.29, 1.82) is 5.41 Å². The summed E-state index contributed by atoms with van der Waals surface area (Å²) >= 11 is 0. The van der Waals surface area contributed by atoms with Crippen LogP contribution in [0, 0.1) is 17.0 Å². The Labute approximate surface area is 213 Å². The normalized spacial score (nSPS) is 21.3. The summed E-state index contributed by atoms with van der Waals surface area (Å²) in [5.41, 5.74) is 1.41. The first kappa shape index (κ1) is 24.9. The molecule has 0 radical (unpaired) electrons. The molecule has 9 nitrogen and oxygen atoms in total. The van der Waals surface area contributed by atoms with Crippen molar-refractivity contribution >= 4 is 23.0 Å². The molecule has 3 N–H and O–H groups in total. The minimum absolute atomic E-state index is 0.0387. The summed E-state index contributed by atoms with van der Waals surface area (Å²) in [4.78, 5) is 36.2. The lowest BCUT2D eigenvalue weighted by molar-refractivity contribution is 0.170. The monoisotopic (exact) mass is 511 g/mol. The van der Waals surface area contributed by atoms with E-state index in [1.54, 1.807) is 27.8 Å². The molecule has 2 aliphatic rings. The molecule has 5 rings (SSSR count). The molecule has 2 aromatic heterocycles.